The van der Waals surface area contributed by atoms with Gasteiger partial charge in [0.15, 0.2) is 0 Å². The Balaban J connectivity index is 1.83. The second-order valence-electron chi connectivity index (χ2n) is 5.11. The fourth-order valence-corrected chi connectivity index (χ4v) is 3.90. The standard InChI is InChI=1S/C19H13FOS/c20-15-9-3-6-12-18(15)22-19-13-7-1-4-10-16(13)21-17-11-5-2-8-14(17)19/h1-12,19H. The van der Waals surface area contributed by atoms with Crippen molar-refractivity contribution in [3.8, 4) is 11.5 Å². The highest BCUT2D eigenvalue weighted by Gasteiger charge is 2.28. The molecule has 3 aromatic rings. The minimum atomic E-state index is -0.186. The first kappa shape index (κ1) is 13.4. The van der Waals surface area contributed by atoms with Crippen LogP contribution in [0.4, 0.5) is 4.39 Å². The molecule has 0 saturated carbocycles. The van der Waals surface area contributed by atoms with Crippen LogP contribution in [0, 0.1) is 5.82 Å². The highest BCUT2D eigenvalue weighted by atomic mass is 32.2. The summed E-state index contributed by atoms with van der Waals surface area (Å²) in [4.78, 5) is 0.652. The van der Waals surface area contributed by atoms with E-state index in [4.69, 9.17) is 4.74 Å². The summed E-state index contributed by atoms with van der Waals surface area (Å²) in [7, 11) is 0. The molecule has 0 radical (unpaired) electrons. The second kappa shape index (κ2) is 5.50. The average molecular weight is 308 g/mol. The Bertz CT molecular complexity index is 785. The molecule has 3 heteroatoms. The molecule has 1 heterocycles. The van der Waals surface area contributed by atoms with E-state index >= 15 is 0 Å². The molecule has 3 aromatic carbocycles. The summed E-state index contributed by atoms with van der Waals surface area (Å²) in [6.07, 6.45) is 0. The molecule has 22 heavy (non-hydrogen) atoms. The highest BCUT2D eigenvalue weighted by Crippen LogP contribution is 2.51. The van der Waals surface area contributed by atoms with E-state index in [0.29, 0.717) is 4.90 Å². The summed E-state index contributed by atoms with van der Waals surface area (Å²) in [6.45, 7) is 0. The third-order valence-electron chi connectivity index (χ3n) is 3.70. The van der Waals surface area contributed by atoms with Gasteiger partial charge in [0.25, 0.3) is 0 Å². The molecular weight excluding hydrogens is 295 g/mol. The highest BCUT2D eigenvalue weighted by molar-refractivity contribution is 7.99. The maximum atomic E-state index is 14.0. The van der Waals surface area contributed by atoms with E-state index in [1.54, 1.807) is 6.07 Å². The van der Waals surface area contributed by atoms with Crippen LogP contribution in [-0.2, 0) is 0 Å². The maximum absolute atomic E-state index is 14.0. The Labute approximate surface area is 132 Å². The van der Waals surface area contributed by atoms with Crippen molar-refractivity contribution in [3.05, 3.63) is 89.7 Å². The molecule has 0 unspecified atom stereocenters. The smallest absolute Gasteiger partial charge is 0.136 e. The average Bonchev–Trinajstić information content (AvgIpc) is 2.56. The molecule has 0 saturated heterocycles. The van der Waals surface area contributed by atoms with E-state index < -0.39 is 0 Å². The van der Waals surface area contributed by atoms with E-state index in [1.165, 1.54) is 17.8 Å². The van der Waals surface area contributed by atoms with Gasteiger partial charge in [-0.15, -0.1) is 11.8 Å². The van der Waals surface area contributed by atoms with Crippen molar-refractivity contribution in [3.63, 3.8) is 0 Å². The third kappa shape index (κ3) is 2.28. The zero-order valence-corrected chi connectivity index (χ0v) is 12.5. The van der Waals surface area contributed by atoms with Crippen LogP contribution in [0.2, 0.25) is 0 Å². The second-order valence-corrected chi connectivity index (χ2v) is 6.25. The van der Waals surface area contributed by atoms with Gasteiger partial charge in [-0.2, -0.15) is 0 Å². The lowest BCUT2D eigenvalue weighted by atomic mass is 10.00. The Hall–Kier alpha value is -2.26. The Morgan fingerprint density at radius 3 is 1.91 bits per heavy atom. The zero-order chi connectivity index (χ0) is 14.9. The van der Waals surface area contributed by atoms with E-state index in [0.717, 1.165) is 22.6 Å². The summed E-state index contributed by atoms with van der Waals surface area (Å²) in [5.41, 5.74) is 2.16. The van der Waals surface area contributed by atoms with Crippen LogP contribution in [-0.4, -0.2) is 0 Å². The lowest BCUT2D eigenvalue weighted by molar-refractivity contribution is 0.459. The van der Waals surface area contributed by atoms with E-state index in [9.17, 15) is 4.39 Å². The Morgan fingerprint density at radius 2 is 1.27 bits per heavy atom. The molecule has 1 nitrogen and oxygen atoms in total. The van der Waals surface area contributed by atoms with Gasteiger partial charge in [0.05, 0.1) is 5.25 Å². The quantitative estimate of drug-likeness (QED) is 0.590. The normalized spacial score (nSPS) is 13.1. The number of ether oxygens (including phenoxy) is 1. The van der Waals surface area contributed by atoms with E-state index in [2.05, 4.69) is 0 Å². The third-order valence-corrected chi connectivity index (χ3v) is 5.03. The molecular formula is C19H13FOS. The minimum absolute atomic E-state index is 0.0260. The van der Waals surface area contributed by atoms with Gasteiger partial charge in [-0.3, -0.25) is 0 Å². The molecule has 0 spiro atoms. The molecule has 0 N–H and O–H groups in total. The first-order valence-electron chi connectivity index (χ1n) is 7.10. The number of fused-ring (bicyclic) bond motifs is 2. The number of halogens is 1. The van der Waals surface area contributed by atoms with Crippen molar-refractivity contribution in [1.82, 2.24) is 0 Å². The molecule has 0 atom stereocenters. The number of hydrogen-bond donors (Lipinski definition) is 0. The van der Waals surface area contributed by atoms with Gasteiger partial charge in [0, 0.05) is 16.0 Å². The van der Waals surface area contributed by atoms with Gasteiger partial charge in [0.2, 0.25) is 0 Å². The SMILES string of the molecule is Fc1ccccc1SC1c2ccccc2Oc2ccccc21. The predicted molar refractivity (Wildman–Crippen MR) is 87.1 cm³/mol. The molecule has 0 amide bonds. The van der Waals surface area contributed by atoms with Crippen LogP contribution in [0.15, 0.2) is 77.7 Å². The first-order valence-corrected chi connectivity index (χ1v) is 7.98. The summed E-state index contributed by atoms with van der Waals surface area (Å²) >= 11 is 1.52. The lowest BCUT2D eigenvalue weighted by Gasteiger charge is -2.27. The zero-order valence-electron chi connectivity index (χ0n) is 11.7. The van der Waals surface area contributed by atoms with Crippen LogP contribution >= 0.6 is 11.8 Å². The summed E-state index contributed by atoms with van der Waals surface area (Å²) in [6, 6.07) is 22.8. The van der Waals surface area contributed by atoms with Gasteiger partial charge in [0.1, 0.15) is 17.3 Å². The van der Waals surface area contributed by atoms with Gasteiger partial charge in [-0.05, 0) is 24.3 Å². The van der Waals surface area contributed by atoms with Crippen LogP contribution in [0.3, 0.4) is 0 Å². The number of benzene rings is 3. The molecule has 1 aliphatic heterocycles. The summed E-state index contributed by atoms with van der Waals surface area (Å²) in [5, 5.41) is 0.0260. The van der Waals surface area contributed by atoms with Crippen LogP contribution < -0.4 is 4.74 Å². The Kier molecular flexibility index (Phi) is 3.35. The van der Waals surface area contributed by atoms with Crippen molar-refractivity contribution in [1.29, 1.82) is 0 Å². The topological polar surface area (TPSA) is 9.23 Å². The molecule has 0 aliphatic carbocycles. The molecule has 0 fully saturated rings. The lowest BCUT2D eigenvalue weighted by Crippen LogP contribution is -2.07. The van der Waals surface area contributed by atoms with Crippen molar-refractivity contribution in [2.45, 2.75) is 10.1 Å². The van der Waals surface area contributed by atoms with Gasteiger partial charge in [-0.1, -0.05) is 48.5 Å². The van der Waals surface area contributed by atoms with E-state index in [-0.39, 0.29) is 11.1 Å². The molecule has 4 rings (SSSR count). The fourth-order valence-electron chi connectivity index (χ4n) is 2.66. The van der Waals surface area contributed by atoms with Crippen molar-refractivity contribution in [2.24, 2.45) is 0 Å². The van der Waals surface area contributed by atoms with E-state index in [1.807, 2.05) is 60.7 Å². The summed E-state index contributed by atoms with van der Waals surface area (Å²) < 4.78 is 20.0. The minimum Gasteiger partial charge on any atom is -0.457 e. The van der Waals surface area contributed by atoms with Gasteiger partial charge >= 0.3 is 0 Å². The molecule has 108 valence electrons. The number of rotatable bonds is 2. The number of para-hydroxylation sites is 2. The largest absolute Gasteiger partial charge is 0.457 e. The fraction of sp³-hybridized carbons (Fsp3) is 0.0526. The number of thioether (sulfide) groups is 1. The Morgan fingerprint density at radius 1 is 0.727 bits per heavy atom. The van der Waals surface area contributed by atoms with Gasteiger partial charge < -0.3 is 4.74 Å². The molecule has 0 bridgehead atoms. The van der Waals surface area contributed by atoms with Crippen LogP contribution in [0.25, 0.3) is 0 Å². The van der Waals surface area contributed by atoms with Crippen LogP contribution in [0.1, 0.15) is 16.4 Å². The van der Waals surface area contributed by atoms with Crippen molar-refractivity contribution < 1.29 is 9.13 Å². The van der Waals surface area contributed by atoms with Gasteiger partial charge in [-0.25, -0.2) is 4.39 Å². The maximum Gasteiger partial charge on any atom is 0.136 e. The van der Waals surface area contributed by atoms with Crippen LogP contribution in [0.5, 0.6) is 11.5 Å². The summed E-state index contributed by atoms with van der Waals surface area (Å²) in [5.74, 6) is 1.50. The van der Waals surface area contributed by atoms with Crippen molar-refractivity contribution >= 4 is 11.8 Å². The first-order chi connectivity index (χ1) is 10.8. The van der Waals surface area contributed by atoms with Crippen molar-refractivity contribution in [2.75, 3.05) is 0 Å². The number of hydrogen-bond acceptors (Lipinski definition) is 2. The predicted octanol–water partition coefficient (Wildman–Crippen LogP) is 5.81. The molecule has 0 aromatic heterocycles. The molecule has 1 aliphatic rings. The monoisotopic (exact) mass is 308 g/mol.